The second kappa shape index (κ2) is 10.3. The van der Waals surface area contributed by atoms with Crippen LogP contribution in [0.5, 0.6) is 0 Å². The quantitative estimate of drug-likeness (QED) is 0.364. The molecule has 0 saturated carbocycles. The number of nitrogens with one attached hydrogen (secondary N) is 2. The number of rotatable bonds is 6. The van der Waals surface area contributed by atoms with Gasteiger partial charge in [-0.25, -0.2) is 4.99 Å². The summed E-state index contributed by atoms with van der Waals surface area (Å²) in [5.74, 6) is 0.680. The molecule has 0 aliphatic carbocycles. The Morgan fingerprint density at radius 2 is 1.96 bits per heavy atom. The number of benzene rings is 1. The smallest absolute Gasteiger partial charge is 0.191 e. The second-order valence-corrected chi connectivity index (χ2v) is 5.45. The minimum Gasteiger partial charge on any atom is -0.387 e. The van der Waals surface area contributed by atoms with Crippen LogP contribution >= 0.6 is 24.0 Å². The van der Waals surface area contributed by atoms with Crippen LogP contribution in [-0.2, 0) is 13.6 Å². The van der Waals surface area contributed by atoms with Crippen LogP contribution in [0, 0.1) is 6.92 Å². The highest BCUT2D eigenvalue weighted by Gasteiger charge is 2.08. The van der Waals surface area contributed by atoms with E-state index in [0.717, 1.165) is 17.8 Å². The molecule has 7 heteroatoms. The minimum atomic E-state index is -0.573. The molecule has 0 radical (unpaired) electrons. The van der Waals surface area contributed by atoms with Crippen LogP contribution < -0.4 is 10.6 Å². The summed E-state index contributed by atoms with van der Waals surface area (Å²) in [5, 5.41) is 20.7. The molecule has 0 aliphatic heterocycles. The molecular formula is C17H26IN5O. The average molecular weight is 443 g/mol. The third-order valence-corrected chi connectivity index (χ3v) is 3.59. The predicted molar refractivity (Wildman–Crippen MR) is 108 cm³/mol. The summed E-state index contributed by atoms with van der Waals surface area (Å²) in [4.78, 5) is 4.52. The van der Waals surface area contributed by atoms with Gasteiger partial charge in [-0.2, -0.15) is 5.10 Å². The number of nitrogens with zero attached hydrogens (tertiary/aromatic N) is 3. The summed E-state index contributed by atoms with van der Waals surface area (Å²) in [6.45, 7) is 5.74. The lowest BCUT2D eigenvalue weighted by molar-refractivity contribution is 0.181. The van der Waals surface area contributed by atoms with Crippen molar-refractivity contribution < 1.29 is 5.11 Å². The number of halogens is 1. The van der Waals surface area contributed by atoms with E-state index in [1.54, 1.807) is 10.9 Å². The normalized spacial score (nSPS) is 12.4. The molecule has 1 aromatic carbocycles. The molecule has 1 aromatic heterocycles. The number of aliphatic hydroxyl groups is 1. The van der Waals surface area contributed by atoms with E-state index < -0.39 is 6.10 Å². The first-order chi connectivity index (χ1) is 11.1. The van der Waals surface area contributed by atoms with Gasteiger partial charge in [0.1, 0.15) is 0 Å². The van der Waals surface area contributed by atoms with Crippen LogP contribution in [-0.4, -0.2) is 33.9 Å². The van der Waals surface area contributed by atoms with Crippen molar-refractivity contribution in [3.05, 3.63) is 53.3 Å². The largest absolute Gasteiger partial charge is 0.387 e. The molecule has 132 valence electrons. The van der Waals surface area contributed by atoms with Crippen molar-refractivity contribution in [1.29, 1.82) is 0 Å². The first kappa shape index (κ1) is 20.4. The Bertz CT molecular complexity index is 639. The van der Waals surface area contributed by atoms with Crippen molar-refractivity contribution in [2.75, 3.05) is 13.1 Å². The molecule has 6 nitrogen and oxygen atoms in total. The van der Waals surface area contributed by atoms with E-state index in [0.29, 0.717) is 19.0 Å². The molecule has 0 fully saturated rings. The van der Waals surface area contributed by atoms with Gasteiger partial charge in [0.2, 0.25) is 0 Å². The van der Waals surface area contributed by atoms with Gasteiger partial charge < -0.3 is 15.7 Å². The number of aryl methyl sites for hydroxylation is 2. The first-order valence-electron chi connectivity index (χ1n) is 7.84. The van der Waals surface area contributed by atoms with Crippen molar-refractivity contribution in [3.63, 3.8) is 0 Å². The molecule has 0 spiro atoms. The molecule has 1 atom stereocenters. The predicted octanol–water partition coefficient (Wildman–Crippen LogP) is 2.14. The lowest BCUT2D eigenvalue weighted by atomic mass is 10.1. The number of hydrogen-bond acceptors (Lipinski definition) is 3. The highest BCUT2D eigenvalue weighted by molar-refractivity contribution is 14.0. The maximum absolute atomic E-state index is 10.3. The van der Waals surface area contributed by atoms with Crippen molar-refractivity contribution in [2.24, 2.45) is 12.0 Å². The monoisotopic (exact) mass is 443 g/mol. The van der Waals surface area contributed by atoms with E-state index in [-0.39, 0.29) is 24.0 Å². The third-order valence-electron chi connectivity index (χ3n) is 3.59. The van der Waals surface area contributed by atoms with Gasteiger partial charge in [0.25, 0.3) is 0 Å². The topological polar surface area (TPSA) is 74.5 Å². The lowest BCUT2D eigenvalue weighted by Crippen LogP contribution is -2.39. The summed E-state index contributed by atoms with van der Waals surface area (Å²) in [5.41, 5.74) is 3.10. The number of guanidine groups is 1. The van der Waals surface area contributed by atoms with Crippen LogP contribution in [0.25, 0.3) is 0 Å². The third kappa shape index (κ3) is 6.12. The van der Waals surface area contributed by atoms with E-state index in [1.165, 1.54) is 5.56 Å². The van der Waals surface area contributed by atoms with Crippen molar-refractivity contribution >= 4 is 29.9 Å². The van der Waals surface area contributed by atoms with Crippen molar-refractivity contribution in [1.82, 2.24) is 20.4 Å². The number of aliphatic imine (C=N–C) groups is 1. The Morgan fingerprint density at radius 1 is 1.25 bits per heavy atom. The molecule has 0 aliphatic rings. The van der Waals surface area contributed by atoms with Gasteiger partial charge in [-0.15, -0.1) is 24.0 Å². The molecule has 0 amide bonds. The summed E-state index contributed by atoms with van der Waals surface area (Å²) in [7, 11) is 1.90. The number of hydrogen-bond donors (Lipinski definition) is 3. The maximum Gasteiger partial charge on any atom is 0.191 e. The molecule has 1 heterocycles. The van der Waals surface area contributed by atoms with Gasteiger partial charge in [-0.05, 0) is 25.5 Å². The highest BCUT2D eigenvalue weighted by atomic mass is 127. The van der Waals surface area contributed by atoms with E-state index >= 15 is 0 Å². The summed E-state index contributed by atoms with van der Waals surface area (Å²) in [6.07, 6.45) is 1.18. The maximum atomic E-state index is 10.3. The standard InChI is InChI=1S/C17H25N5O.HI/c1-4-18-17(19-11-15-9-10-21-22(15)3)20-12-16(23)14-7-5-13(2)6-8-14;/h5-10,16,23H,4,11-12H2,1-3H3,(H2,18,19,20);1H. The Hall–Kier alpha value is -1.61. The molecule has 24 heavy (non-hydrogen) atoms. The Kier molecular flexibility index (Phi) is 8.77. The van der Waals surface area contributed by atoms with E-state index in [4.69, 9.17) is 0 Å². The summed E-state index contributed by atoms with van der Waals surface area (Å²) in [6, 6.07) is 9.83. The van der Waals surface area contributed by atoms with Crippen molar-refractivity contribution in [3.8, 4) is 0 Å². The fraction of sp³-hybridized carbons (Fsp3) is 0.412. The van der Waals surface area contributed by atoms with Crippen LogP contribution in [0.1, 0.15) is 29.8 Å². The zero-order valence-corrected chi connectivity index (χ0v) is 16.7. The van der Waals surface area contributed by atoms with Crippen LogP contribution in [0.15, 0.2) is 41.5 Å². The van der Waals surface area contributed by atoms with Gasteiger partial charge in [0.05, 0.1) is 18.3 Å². The number of aliphatic hydroxyl groups excluding tert-OH is 1. The first-order valence-corrected chi connectivity index (χ1v) is 7.84. The molecular weight excluding hydrogens is 417 g/mol. The second-order valence-electron chi connectivity index (χ2n) is 5.45. The molecule has 1 unspecified atom stereocenters. The van der Waals surface area contributed by atoms with Crippen LogP contribution in [0.2, 0.25) is 0 Å². The van der Waals surface area contributed by atoms with E-state index in [2.05, 4.69) is 20.7 Å². The fourth-order valence-corrected chi connectivity index (χ4v) is 2.16. The minimum absolute atomic E-state index is 0. The van der Waals surface area contributed by atoms with E-state index in [1.807, 2.05) is 51.2 Å². The van der Waals surface area contributed by atoms with Gasteiger partial charge >= 0.3 is 0 Å². The van der Waals surface area contributed by atoms with Crippen LogP contribution in [0.3, 0.4) is 0 Å². The summed E-state index contributed by atoms with van der Waals surface area (Å²) >= 11 is 0. The molecule has 2 rings (SSSR count). The number of aromatic nitrogens is 2. The average Bonchev–Trinajstić information content (AvgIpc) is 2.95. The van der Waals surface area contributed by atoms with Crippen LogP contribution in [0.4, 0.5) is 0 Å². The van der Waals surface area contributed by atoms with E-state index in [9.17, 15) is 5.11 Å². The van der Waals surface area contributed by atoms with Gasteiger partial charge in [0.15, 0.2) is 5.96 Å². The Labute approximate surface area is 160 Å². The molecule has 2 aromatic rings. The highest BCUT2D eigenvalue weighted by Crippen LogP contribution is 2.12. The SMILES string of the molecule is CCNC(=NCc1ccnn1C)NCC(O)c1ccc(C)cc1.I. The van der Waals surface area contributed by atoms with Gasteiger partial charge in [-0.3, -0.25) is 4.68 Å². The molecule has 3 N–H and O–H groups in total. The fourth-order valence-electron chi connectivity index (χ4n) is 2.16. The molecule has 0 saturated heterocycles. The Balaban J connectivity index is 0.00000288. The Morgan fingerprint density at radius 3 is 2.54 bits per heavy atom. The lowest BCUT2D eigenvalue weighted by Gasteiger charge is -2.15. The zero-order chi connectivity index (χ0) is 16.7. The van der Waals surface area contributed by atoms with Gasteiger partial charge in [0, 0.05) is 26.3 Å². The summed E-state index contributed by atoms with van der Waals surface area (Å²) < 4.78 is 1.80. The molecule has 0 bridgehead atoms. The van der Waals surface area contributed by atoms with Gasteiger partial charge in [-0.1, -0.05) is 29.8 Å². The zero-order valence-electron chi connectivity index (χ0n) is 14.4. The van der Waals surface area contributed by atoms with Crippen molar-refractivity contribution in [2.45, 2.75) is 26.5 Å².